The van der Waals surface area contributed by atoms with E-state index >= 15 is 0 Å². The minimum Gasteiger partial charge on any atom is -0.380 e. The average molecular weight is 392 g/mol. The molecule has 4 heterocycles. The topological polar surface area (TPSA) is 45.7 Å². The summed E-state index contributed by atoms with van der Waals surface area (Å²) in [5.41, 5.74) is 0. The van der Waals surface area contributed by atoms with Crippen molar-refractivity contribution in [1.82, 2.24) is 14.8 Å². The average Bonchev–Trinajstić information content (AvgIpc) is 3.33. The zero-order valence-corrected chi connectivity index (χ0v) is 16.8. The van der Waals surface area contributed by atoms with Gasteiger partial charge in [0, 0.05) is 48.2 Å². The Morgan fingerprint density at radius 1 is 1.23 bits per heavy atom. The van der Waals surface area contributed by atoms with Crippen LogP contribution in [-0.4, -0.2) is 53.5 Å². The van der Waals surface area contributed by atoms with Crippen molar-refractivity contribution in [1.29, 1.82) is 0 Å². The van der Waals surface area contributed by atoms with Crippen molar-refractivity contribution in [2.24, 2.45) is 0 Å². The Hall–Kier alpha value is -1.28. The van der Waals surface area contributed by atoms with Crippen LogP contribution in [0.1, 0.15) is 49.7 Å². The molecular formula is C19H25N3O2S2. The Kier molecular flexibility index (Phi) is 5.69. The maximum atomic E-state index is 12.8. The number of hydrogen-bond acceptors (Lipinski definition) is 6. The van der Waals surface area contributed by atoms with Gasteiger partial charge in [0.05, 0.1) is 16.5 Å². The van der Waals surface area contributed by atoms with Crippen molar-refractivity contribution in [3.05, 3.63) is 38.0 Å². The fourth-order valence-corrected chi connectivity index (χ4v) is 5.73. The van der Waals surface area contributed by atoms with E-state index in [0.717, 1.165) is 42.5 Å². The largest absolute Gasteiger partial charge is 0.380 e. The summed E-state index contributed by atoms with van der Waals surface area (Å²) in [6.45, 7) is 7.04. The molecule has 2 fully saturated rings. The van der Waals surface area contributed by atoms with Crippen LogP contribution in [0.4, 0.5) is 0 Å². The predicted octanol–water partition coefficient (Wildman–Crippen LogP) is 3.71. The molecule has 0 N–H and O–H groups in total. The number of aromatic nitrogens is 1. The highest BCUT2D eigenvalue weighted by atomic mass is 32.1. The summed E-state index contributed by atoms with van der Waals surface area (Å²) >= 11 is 3.45. The van der Waals surface area contributed by atoms with Crippen LogP contribution < -0.4 is 0 Å². The lowest BCUT2D eigenvalue weighted by molar-refractivity contribution is 0.0746. The molecule has 0 saturated carbocycles. The second-order valence-corrected chi connectivity index (χ2v) is 9.37. The first-order valence-corrected chi connectivity index (χ1v) is 11.0. The Morgan fingerprint density at radius 2 is 2.15 bits per heavy atom. The lowest BCUT2D eigenvalue weighted by Crippen LogP contribution is -2.32. The highest BCUT2D eigenvalue weighted by Crippen LogP contribution is 2.37. The van der Waals surface area contributed by atoms with Gasteiger partial charge < -0.3 is 9.64 Å². The van der Waals surface area contributed by atoms with Crippen molar-refractivity contribution >= 4 is 28.6 Å². The van der Waals surface area contributed by atoms with Crippen LogP contribution >= 0.6 is 22.7 Å². The molecule has 26 heavy (non-hydrogen) atoms. The molecule has 0 bridgehead atoms. The van der Waals surface area contributed by atoms with E-state index in [1.54, 1.807) is 22.7 Å². The molecule has 7 heteroatoms. The van der Waals surface area contributed by atoms with E-state index in [-0.39, 0.29) is 5.91 Å². The quantitative estimate of drug-likeness (QED) is 0.797. The van der Waals surface area contributed by atoms with E-state index in [9.17, 15) is 4.79 Å². The number of likely N-dealkylation sites (tertiary alicyclic amines) is 1. The molecule has 140 valence electrons. The highest BCUT2D eigenvalue weighted by molar-refractivity contribution is 7.14. The van der Waals surface area contributed by atoms with Crippen molar-refractivity contribution in [2.75, 3.05) is 32.8 Å². The van der Waals surface area contributed by atoms with Crippen molar-refractivity contribution < 1.29 is 9.53 Å². The Balaban J connectivity index is 1.45. The minimum absolute atomic E-state index is 0.161. The minimum atomic E-state index is 0.161. The molecule has 0 aromatic carbocycles. The summed E-state index contributed by atoms with van der Waals surface area (Å²) in [5.74, 6) is 0.161. The maximum absolute atomic E-state index is 12.8. The van der Waals surface area contributed by atoms with Gasteiger partial charge in [-0.2, -0.15) is 0 Å². The number of thiazole rings is 1. The summed E-state index contributed by atoms with van der Waals surface area (Å²) in [4.78, 5) is 25.2. The first-order chi connectivity index (χ1) is 12.7. The van der Waals surface area contributed by atoms with E-state index in [0.29, 0.717) is 19.2 Å². The maximum Gasteiger partial charge on any atom is 0.264 e. The number of amides is 1. The third kappa shape index (κ3) is 4.01. The van der Waals surface area contributed by atoms with Gasteiger partial charge in [0.15, 0.2) is 0 Å². The molecule has 0 radical (unpaired) electrons. The third-order valence-corrected chi connectivity index (χ3v) is 7.14. The summed E-state index contributed by atoms with van der Waals surface area (Å²) in [5, 5.41) is 1.13. The lowest BCUT2D eigenvalue weighted by atomic mass is 10.2. The zero-order valence-electron chi connectivity index (χ0n) is 15.1. The highest BCUT2D eigenvalue weighted by Gasteiger charge is 2.29. The Labute approximate surface area is 162 Å². The fraction of sp³-hybridized carbons (Fsp3) is 0.579. The van der Waals surface area contributed by atoms with Gasteiger partial charge in [-0.3, -0.25) is 9.69 Å². The molecule has 2 aromatic heterocycles. The van der Waals surface area contributed by atoms with Crippen LogP contribution in [0.25, 0.3) is 0 Å². The standard InChI is InChI=1S/C19H25N3O2S2/c1-14-20-12-15(25-14)13-22-7-2-4-16(22)17-5-6-18(26-17)19(23)21-8-3-10-24-11-9-21/h5-6,12,16H,2-4,7-11,13H2,1H3. The van der Waals surface area contributed by atoms with Crippen LogP contribution in [0.3, 0.4) is 0 Å². The lowest BCUT2D eigenvalue weighted by Gasteiger charge is -2.22. The molecule has 2 aromatic rings. The van der Waals surface area contributed by atoms with Crippen LogP contribution in [0.2, 0.25) is 0 Å². The van der Waals surface area contributed by atoms with Crippen LogP contribution in [0, 0.1) is 6.92 Å². The summed E-state index contributed by atoms with van der Waals surface area (Å²) in [6.07, 6.45) is 5.31. The van der Waals surface area contributed by atoms with Gasteiger partial charge >= 0.3 is 0 Å². The molecular weight excluding hydrogens is 366 g/mol. The molecule has 5 nitrogen and oxygen atoms in total. The number of carbonyl (C=O) groups excluding carboxylic acids is 1. The monoisotopic (exact) mass is 391 g/mol. The van der Waals surface area contributed by atoms with Gasteiger partial charge in [0.25, 0.3) is 5.91 Å². The Bertz CT molecular complexity index is 750. The first-order valence-electron chi connectivity index (χ1n) is 9.33. The summed E-state index contributed by atoms with van der Waals surface area (Å²) < 4.78 is 5.47. The van der Waals surface area contributed by atoms with Gasteiger partial charge in [-0.05, 0) is 44.9 Å². The van der Waals surface area contributed by atoms with Crippen LogP contribution in [-0.2, 0) is 11.3 Å². The van der Waals surface area contributed by atoms with E-state index in [1.807, 2.05) is 17.2 Å². The summed E-state index contributed by atoms with van der Waals surface area (Å²) in [7, 11) is 0. The number of hydrogen-bond donors (Lipinski definition) is 0. The van der Waals surface area contributed by atoms with Crippen LogP contribution in [0.15, 0.2) is 18.3 Å². The Morgan fingerprint density at radius 3 is 3.00 bits per heavy atom. The van der Waals surface area contributed by atoms with Crippen molar-refractivity contribution in [3.8, 4) is 0 Å². The van der Waals surface area contributed by atoms with E-state index < -0.39 is 0 Å². The van der Waals surface area contributed by atoms with E-state index in [4.69, 9.17) is 4.74 Å². The molecule has 2 saturated heterocycles. The molecule has 4 rings (SSSR count). The van der Waals surface area contributed by atoms with E-state index in [1.165, 1.54) is 22.6 Å². The molecule has 1 unspecified atom stereocenters. The number of rotatable bonds is 4. The normalized spacial score (nSPS) is 21.9. The summed E-state index contributed by atoms with van der Waals surface area (Å²) in [6, 6.07) is 4.60. The SMILES string of the molecule is Cc1ncc(CN2CCCC2c2ccc(C(=O)N3CCCOCC3)s2)s1. The number of nitrogens with zero attached hydrogens (tertiary/aromatic N) is 3. The fourth-order valence-electron chi connectivity index (χ4n) is 3.77. The molecule has 2 aliphatic rings. The third-order valence-electron chi connectivity index (χ3n) is 5.07. The zero-order chi connectivity index (χ0) is 17.9. The van der Waals surface area contributed by atoms with Gasteiger partial charge in [-0.1, -0.05) is 0 Å². The first kappa shape index (κ1) is 18.1. The van der Waals surface area contributed by atoms with Gasteiger partial charge in [-0.15, -0.1) is 22.7 Å². The second-order valence-electron chi connectivity index (χ2n) is 6.93. The van der Waals surface area contributed by atoms with Gasteiger partial charge in [0.2, 0.25) is 0 Å². The molecule has 1 atom stereocenters. The number of thiophene rings is 1. The van der Waals surface area contributed by atoms with Crippen molar-refractivity contribution in [3.63, 3.8) is 0 Å². The molecule has 0 spiro atoms. The smallest absolute Gasteiger partial charge is 0.264 e. The van der Waals surface area contributed by atoms with Gasteiger partial charge in [-0.25, -0.2) is 4.98 Å². The molecule has 0 aliphatic carbocycles. The number of ether oxygens (including phenoxy) is 1. The number of carbonyl (C=O) groups is 1. The molecule has 1 amide bonds. The van der Waals surface area contributed by atoms with Crippen molar-refractivity contribution in [2.45, 2.75) is 38.8 Å². The number of aryl methyl sites for hydroxylation is 1. The second kappa shape index (κ2) is 8.17. The predicted molar refractivity (Wildman–Crippen MR) is 105 cm³/mol. The van der Waals surface area contributed by atoms with Crippen LogP contribution in [0.5, 0.6) is 0 Å². The molecule has 2 aliphatic heterocycles. The van der Waals surface area contributed by atoms with Gasteiger partial charge in [0.1, 0.15) is 0 Å². The van der Waals surface area contributed by atoms with E-state index in [2.05, 4.69) is 22.9 Å².